The van der Waals surface area contributed by atoms with E-state index in [-0.39, 0.29) is 47.7 Å². The Balaban J connectivity index is 3.05. The Morgan fingerprint density at radius 2 is 1.65 bits per heavy atom. The minimum absolute atomic E-state index is 0.0492. The van der Waals surface area contributed by atoms with E-state index < -0.39 is 6.04 Å². The summed E-state index contributed by atoms with van der Waals surface area (Å²) in [4.78, 5) is 42.5. The van der Waals surface area contributed by atoms with E-state index in [4.69, 9.17) is 0 Å². The molecule has 31 heavy (non-hydrogen) atoms. The second kappa shape index (κ2) is 12.2. The summed E-state index contributed by atoms with van der Waals surface area (Å²) in [5.41, 5.74) is 0.570. The predicted molar refractivity (Wildman–Crippen MR) is 125 cm³/mol. The van der Waals surface area contributed by atoms with Gasteiger partial charge in [0.1, 0.15) is 6.04 Å². The fourth-order valence-corrected chi connectivity index (χ4v) is 4.26. The lowest BCUT2D eigenvalue weighted by Gasteiger charge is -2.39. The molecule has 7 nitrogen and oxygen atoms in total. The van der Waals surface area contributed by atoms with Gasteiger partial charge >= 0.3 is 0 Å². The van der Waals surface area contributed by atoms with E-state index in [9.17, 15) is 14.4 Å². The second-order valence-electron chi connectivity index (χ2n) is 9.69. The van der Waals surface area contributed by atoms with Crippen LogP contribution in [0.2, 0.25) is 0 Å². The van der Waals surface area contributed by atoms with E-state index >= 15 is 0 Å². The largest absolute Gasteiger partial charge is 0.355 e. The van der Waals surface area contributed by atoms with Crippen LogP contribution in [-0.2, 0) is 14.4 Å². The fraction of sp³-hybridized carbons (Fsp3) is 0.792. The Kier molecular flexibility index (Phi) is 10.7. The highest BCUT2D eigenvalue weighted by Crippen LogP contribution is 2.21. The summed E-state index contributed by atoms with van der Waals surface area (Å²) in [5.74, 6) is -0.285. The summed E-state index contributed by atoms with van der Waals surface area (Å²) >= 11 is 0. The zero-order valence-electron chi connectivity index (χ0n) is 21.0. The molecule has 0 aromatic heterocycles. The van der Waals surface area contributed by atoms with Crippen molar-refractivity contribution in [2.45, 2.75) is 91.9 Å². The number of nitrogens with zero attached hydrogens (tertiary/aromatic N) is 2. The molecule has 1 fully saturated rings. The summed E-state index contributed by atoms with van der Waals surface area (Å²) in [6.45, 7) is 14.8. The maximum atomic E-state index is 13.5. The smallest absolute Gasteiger partial charge is 0.246 e. The third-order valence-electron chi connectivity index (χ3n) is 6.22. The molecule has 0 bridgehead atoms. The van der Waals surface area contributed by atoms with Crippen LogP contribution in [-0.4, -0.2) is 72.3 Å². The number of carbonyl (C=O) groups is 3. The van der Waals surface area contributed by atoms with Crippen LogP contribution in [0.5, 0.6) is 0 Å². The first-order valence-electron chi connectivity index (χ1n) is 11.7. The van der Waals surface area contributed by atoms with Gasteiger partial charge in [-0.05, 0) is 52.0 Å². The van der Waals surface area contributed by atoms with Crippen LogP contribution in [0.3, 0.4) is 0 Å². The number of nitrogens with one attached hydrogen (secondary N) is 2. The molecule has 2 N–H and O–H groups in total. The van der Waals surface area contributed by atoms with Crippen LogP contribution < -0.4 is 10.6 Å². The number of piperidine rings is 1. The molecule has 0 radical (unpaired) electrons. The van der Waals surface area contributed by atoms with Crippen molar-refractivity contribution in [3.63, 3.8) is 0 Å². The molecule has 0 aliphatic carbocycles. The standard InChI is InChI=1S/C24H44N4O3/c1-15(2)20(14-18(7)22(29)25-8)27(9)24(31)21(16(3)4)26-23(30)19-12-10-11-13-28(19)17(5)6/h14-17,19-21H,10-13H2,1-9H3,(H,25,29)(H,26,30)/b18-14+/t19-,20-,21+/m1/s1. The number of amides is 3. The average molecular weight is 437 g/mol. The Labute approximate surface area is 189 Å². The van der Waals surface area contributed by atoms with Gasteiger partial charge < -0.3 is 15.5 Å². The van der Waals surface area contributed by atoms with E-state index in [1.54, 1.807) is 25.9 Å². The van der Waals surface area contributed by atoms with Crippen LogP contribution in [0.1, 0.15) is 67.7 Å². The average Bonchev–Trinajstić information content (AvgIpc) is 2.73. The fourth-order valence-electron chi connectivity index (χ4n) is 4.26. The number of hydrogen-bond donors (Lipinski definition) is 2. The predicted octanol–water partition coefficient (Wildman–Crippen LogP) is 2.57. The molecule has 1 saturated heterocycles. The zero-order valence-corrected chi connectivity index (χ0v) is 21.0. The van der Waals surface area contributed by atoms with Crippen molar-refractivity contribution in [2.24, 2.45) is 11.8 Å². The highest BCUT2D eigenvalue weighted by Gasteiger charge is 2.35. The van der Waals surface area contributed by atoms with Gasteiger partial charge in [0.25, 0.3) is 0 Å². The van der Waals surface area contributed by atoms with Gasteiger partial charge in [-0.25, -0.2) is 0 Å². The molecular weight excluding hydrogens is 392 g/mol. The second-order valence-corrected chi connectivity index (χ2v) is 9.69. The first-order valence-corrected chi connectivity index (χ1v) is 11.7. The van der Waals surface area contributed by atoms with Gasteiger partial charge in [0.2, 0.25) is 17.7 Å². The monoisotopic (exact) mass is 436 g/mol. The van der Waals surface area contributed by atoms with Crippen LogP contribution in [0.25, 0.3) is 0 Å². The lowest BCUT2D eigenvalue weighted by atomic mass is 9.95. The molecular formula is C24H44N4O3. The van der Waals surface area contributed by atoms with Gasteiger partial charge in [0, 0.05) is 25.7 Å². The Bertz CT molecular complexity index is 657. The van der Waals surface area contributed by atoms with Crippen molar-refractivity contribution >= 4 is 17.7 Å². The van der Waals surface area contributed by atoms with Crippen molar-refractivity contribution in [1.82, 2.24) is 20.4 Å². The molecule has 3 amide bonds. The topological polar surface area (TPSA) is 81.8 Å². The molecule has 0 saturated carbocycles. The summed E-state index contributed by atoms with van der Waals surface area (Å²) in [6.07, 6.45) is 4.79. The molecule has 178 valence electrons. The molecule has 1 aliphatic rings. The molecule has 3 atom stereocenters. The van der Waals surface area contributed by atoms with Gasteiger partial charge in [-0.15, -0.1) is 0 Å². The number of likely N-dealkylation sites (N-methyl/N-ethyl adjacent to an activating group) is 2. The van der Waals surface area contributed by atoms with E-state index in [1.807, 2.05) is 33.8 Å². The maximum Gasteiger partial charge on any atom is 0.246 e. The number of rotatable bonds is 9. The van der Waals surface area contributed by atoms with Gasteiger partial charge in [-0.3, -0.25) is 19.3 Å². The summed E-state index contributed by atoms with van der Waals surface area (Å²) in [6, 6.07) is -0.757. The number of hydrogen-bond acceptors (Lipinski definition) is 4. The maximum absolute atomic E-state index is 13.5. The molecule has 1 heterocycles. The number of carbonyl (C=O) groups excluding carboxylic acids is 3. The van der Waals surface area contributed by atoms with E-state index in [2.05, 4.69) is 29.4 Å². The minimum Gasteiger partial charge on any atom is -0.355 e. The quantitative estimate of drug-likeness (QED) is 0.544. The van der Waals surface area contributed by atoms with Gasteiger partial charge in [-0.2, -0.15) is 0 Å². The van der Waals surface area contributed by atoms with Crippen LogP contribution >= 0.6 is 0 Å². The van der Waals surface area contributed by atoms with Crippen LogP contribution in [0.4, 0.5) is 0 Å². The minimum atomic E-state index is -0.608. The first kappa shape index (κ1) is 27.1. The van der Waals surface area contributed by atoms with Gasteiger partial charge in [-0.1, -0.05) is 40.2 Å². The third-order valence-corrected chi connectivity index (χ3v) is 6.22. The lowest BCUT2D eigenvalue weighted by Crippen LogP contribution is -2.58. The van der Waals surface area contributed by atoms with Crippen LogP contribution in [0, 0.1) is 11.8 Å². The first-order chi connectivity index (χ1) is 14.4. The Hall–Kier alpha value is -1.89. The lowest BCUT2D eigenvalue weighted by molar-refractivity contribution is -0.140. The Morgan fingerprint density at radius 3 is 2.13 bits per heavy atom. The number of likely N-dealkylation sites (tertiary alicyclic amines) is 1. The normalized spacial score (nSPS) is 20.0. The van der Waals surface area contributed by atoms with Crippen molar-refractivity contribution in [2.75, 3.05) is 20.6 Å². The summed E-state index contributed by atoms with van der Waals surface area (Å²) < 4.78 is 0. The molecule has 7 heteroatoms. The SMILES string of the molecule is CNC(=O)/C(C)=C/[C@H](C(C)C)N(C)C(=O)[C@@H](NC(=O)[C@H]1CCCCN1C(C)C)C(C)C. The molecule has 0 aromatic carbocycles. The van der Waals surface area contributed by atoms with Crippen molar-refractivity contribution < 1.29 is 14.4 Å². The molecule has 0 spiro atoms. The molecule has 1 aliphatic heterocycles. The molecule has 0 unspecified atom stereocenters. The third kappa shape index (κ3) is 7.34. The zero-order chi connectivity index (χ0) is 23.9. The van der Waals surface area contributed by atoms with Crippen LogP contribution in [0.15, 0.2) is 11.6 Å². The summed E-state index contributed by atoms with van der Waals surface area (Å²) in [5, 5.41) is 5.68. The van der Waals surface area contributed by atoms with Crippen molar-refractivity contribution in [3.05, 3.63) is 11.6 Å². The van der Waals surface area contributed by atoms with Gasteiger partial charge in [0.05, 0.1) is 12.1 Å². The molecule has 0 aromatic rings. The highest BCUT2D eigenvalue weighted by molar-refractivity contribution is 5.93. The van der Waals surface area contributed by atoms with Gasteiger partial charge in [0.15, 0.2) is 0 Å². The van der Waals surface area contributed by atoms with E-state index in [1.165, 1.54) is 0 Å². The highest BCUT2D eigenvalue weighted by atomic mass is 16.2. The van der Waals surface area contributed by atoms with E-state index in [0.29, 0.717) is 5.57 Å². The van der Waals surface area contributed by atoms with Crippen molar-refractivity contribution in [3.8, 4) is 0 Å². The van der Waals surface area contributed by atoms with Crippen molar-refractivity contribution in [1.29, 1.82) is 0 Å². The molecule has 1 rings (SSSR count). The van der Waals surface area contributed by atoms with E-state index in [0.717, 1.165) is 25.8 Å². The summed E-state index contributed by atoms with van der Waals surface area (Å²) in [7, 11) is 3.35. The Morgan fingerprint density at radius 1 is 1.03 bits per heavy atom.